The van der Waals surface area contributed by atoms with Gasteiger partial charge in [0.25, 0.3) is 0 Å². The number of phenolic OH excluding ortho intramolecular Hbond substituents is 1. The van der Waals surface area contributed by atoms with E-state index < -0.39 is 0 Å². The molecule has 0 aromatic heterocycles. The first kappa shape index (κ1) is 13.5. The third-order valence-corrected chi connectivity index (χ3v) is 4.12. The van der Waals surface area contributed by atoms with Gasteiger partial charge in [-0.25, -0.2) is 0 Å². The first-order chi connectivity index (χ1) is 9.65. The van der Waals surface area contributed by atoms with E-state index in [4.69, 9.17) is 11.6 Å². The number of hydrogen-bond donors (Lipinski definition) is 2. The summed E-state index contributed by atoms with van der Waals surface area (Å²) in [4.78, 5) is 0. The second-order valence-corrected chi connectivity index (χ2v) is 5.93. The summed E-state index contributed by atoms with van der Waals surface area (Å²) in [6.45, 7) is 0. The molecule has 0 saturated carbocycles. The van der Waals surface area contributed by atoms with Crippen LogP contribution in [0.1, 0.15) is 23.6 Å². The van der Waals surface area contributed by atoms with Crippen molar-refractivity contribution >= 4 is 33.2 Å². The number of benzene rings is 2. The lowest BCUT2D eigenvalue weighted by molar-refractivity contribution is 0.452. The smallest absolute Gasteiger partial charge is 0.135 e. The molecule has 2 N–H and O–H groups in total. The van der Waals surface area contributed by atoms with Gasteiger partial charge in [-0.1, -0.05) is 41.9 Å². The molecule has 1 unspecified atom stereocenters. The van der Waals surface area contributed by atoms with Gasteiger partial charge in [-0.15, -0.1) is 0 Å². The molecule has 2 aromatic rings. The molecule has 0 aliphatic carbocycles. The molecule has 0 amide bonds. The molecule has 1 aliphatic rings. The molecule has 5 heteroatoms. The highest BCUT2D eigenvalue weighted by Gasteiger charge is 2.24. The summed E-state index contributed by atoms with van der Waals surface area (Å²) in [5.74, 6) is 0.205. The van der Waals surface area contributed by atoms with Crippen molar-refractivity contribution in [1.29, 1.82) is 0 Å². The number of nitrogens with one attached hydrogen (secondary N) is 1. The number of aromatic hydroxyl groups is 1. The van der Waals surface area contributed by atoms with Crippen LogP contribution < -0.4 is 5.43 Å². The van der Waals surface area contributed by atoms with Crippen LogP contribution in [-0.2, 0) is 0 Å². The van der Waals surface area contributed by atoms with Crippen molar-refractivity contribution in [2.75, 3.05) is 0 Å². The van der Waals surface area contributed by atoms with Gasteiger partial charge in [0.1, 0.15) is 5.75 Å². The van der Waals surface area contributed by atoms with Crippen LogP contribution in [0.4, 0.5) is 0 Å². The number of rotatable bonds is 2. The van der Waals surface area contributed by atoms with E-state index in [0.717, 1.165) is 16.8 Å². The van der Waals surface area contributed by atoms with Gasteiger partial charge in [0.05, 0.1) is 16.2 Å². The van der Waals surface area contributed by atoms with Crippen LogP contribution >= 0.6 is 27.5 Å². The highest BCUT2D eigenvalue weighted by atomic mass is 79.9. The Hall–Kier alpha value is -1.52. The third kappa shape index (κ3) is 2.53. The Morgan fingerprint density at radius 1 is 1.25 bits per heavy atom. The fourth-order valence-corrected chi connectivity index (χ4v) is 3.12. The zero-order valence-corrected chi connectivity index (χ0v) is 12.8. The molecule has 0 radical (unpaired) electrons. The van der Waals surface area contributed by atoms with Gasteiger partial charge in [0.2, 0.25) is 0 Å². The first-order valence-electron chi connectivity index (χ1n) is 6.20. The van der Waals surface area contributed by atoms with Gasteiger partial charge < -0.3 is 10.5 Å². The molecule has 1 heterocycles. The summed E-state index contributed by atoms with van der Waals surface area (Å²) < 4.78 is 0.593. The molecule has 1 aliphatic heterocycles. The Kier molecular flexibility index (Phi) is 3.68. The highest BCUT2D eigenvalue weighted by molar-refractivity contribution is 9.10. The van der Waals surface area contributed by atoms with Gasteiger partial charge in [-0.3, -0.25) is 0 Å². The summed E-state index contributed by atoms with van der Waals surface area (Å²) in [5, 5.41) is 15.1. The number of hydrazone groups is 1. The van der Waals surface area contributed by atoms with Crippen LogP contribution in [0.25, 0.3) is 0 Å². The summed E-state index contributed by atoms with van der Waals surface area (Å²) in [6.07, 6.45) is 0.713. The lowest BCUT2D eigenvalue weighted by Gasteiger charge is -2.13. The predicted octanol–water partition coefficient (Wildman–Crippen LogP) is 4.25. The van der Waals surface area contributed by atoms with E-state index in [9.17, 15) is 5.11 Å². The fourth-order valence-electron chi connectivity index (χ4n) is 2.28. The number of halogens is 2. The molecule has 20 heavy (non-hydrogen) atoms. The summed E-state index contributed by atoms with van der Waals surface area (Å²) in [7, 11) is 0. The van der Waals surface area contributed by atoms with Crippen molar-refractivity contribution in [2.24, 2.45) is 5.10 Å². The van der Waals surface area contributed by atoms with Gasteiger partial charge in [0.15, 0.2) is 0 Å². The second-order valence-electron chi connectivity index (χ2n) is 4.64. The minimum atomic E-state index is -0.0693. The summed E-state index contributed by atoms with van der Waals surface area (Å²) in [5.41, 5.74) is 5.88. The maximum Gasteiger partial charge on any atom is 0.135 e. The Balaban J connectivity index is 1.86. The largest absolute Gasteiger partial charge is 0.506 e. The third-order valence-electron chi connectivity index (χ3n) is 3.29. The van der Waals surface area contributed by atoms with Crippen LogP contribution in [0, 0.1) is 0 Å². The SMILES string of the molecule is Oc1c(Br)cc(Cl)cc1C1CC(c2ccccc2)=NN1. The Labute approximate surface area is 130 Å². The quantitative estimate of drug-likeness (QED) is 0.849. The molecule has 3 rings (SSSR count). The van der Waals surface area contributed by atoms with E-state index in [1.54, 1.807) is 12.1 Å². The van der Waals surface area contributed by atoms with Crippen molar-refractivity contribution in [3.8, 4) is 5.75 Å². The van der Waals surface area contributed by atoms with Crippen LogP contribution in [0.3, 0.4) is 0 Å². The van der Waals surface area contributed by atoms with Gasteiger partial charge >= 0.3 is 0 Å². The molecule has 2 aromatic carbocycles. The van der Waals surface area contributed by atoms with Gasteiger partial charge in [-0.2, -0.15) is 5.10 Å². The molecule has 0 fully saturated rings. The van der Waals surface area contributed by atoms with Crippen LogP contribution in [-0.4, -0.2) is 10.8 Å². The maximum atomic E-state index is 10.1. The number of phenols is 1. The van der Waals surface area contributed by atoms with Crippen LogP contribution in [0.5, 0.6) is 5.75 Å². The van der Waals surface area contributed by atoms with Crippen molar-refractivity contribution in [1.82, 2.24) is 5.43 Å². The van der Waals surface area contributed by atoms with E-state index in [2.05, 4.69) is 26.5 Å². The normalized spacial score (nSPS) is 17.7. The highest BCUT2D eigenvalue weighted by Crippen LogP contribution is 2.37. The van der Waals surface area contributed by atoms with E-state index in [1.165, 1.54) is 0 Å². The van der Waals surface area contributed by atoms with Crippen LogP contribution in [0.2, 0.25) is 5.02 Å². The molecule has 0 spiro atoms. The fraction of sp³-hybridized carbons (Fsp3) is 0.133. The van der Waals surface area contributed by atoms with Gasteiger partial charge in [0, 0.05) is 17.0 Å². The Morgan fingerprint density at radius 3 is 2.75 bits per heavy atom. The topological polar surface area (TPSA) is 44.6 Å². The monoisotopic (exact) mass is 350 g/mol. The van der Waals surface area contributed by atoms with E-state index in [1.807, 2.05) is 30.3 Å². The molecular formula is C15H12BrClN2O. The Bertz CT molecular complexity index is 673. The van der Waals surface area contributed by atoms with E-state index in [0.29, 0.717) is 15.9 Å². The molecule has 1 atom stereocenters. The first-order valence-corrected chi connectivity index (χ1v) is 7.37. The molecule has 102 valence electrons. The lowest BCUT2D eigenvalue weighted by atomic mass is 9.98. The van der Waals surface area contributed by atoms with Crippen molar-refractivity contribution in [3.63, 3.8) is 0 Å². The maximum absolute atomic E-state index is 10.1. The second kappa shape index (κ2) is 5.46. The van der Waals surface area contributed by atoms with Crippen molar-refractivity contribution in [2.45, 2.75) is 12.5 Å². The zero-order chi connectivity index (χ0) is 14.1. The molecule has 0 saturated heterocycles. The summed E-state index contributed by atoms with van der Waals surface area (Å²) >= 11 is 9.35. The molecule has 0 bridgehead atoms. The lowest BCUT2D eigenvalue weighted by Crippen LogP contribution is -2.10. The zero-order valence-electron chi connectivity index (χ0n) is 10.5. The minimum Gasteiger partial charge on any atom is -0.506 e. The number of nitrogens with zero attached hydrogens (tertiary/aromatic N) is 1. The van der Waals surface area contributed by atoms with Crippen molar-refractivity contribution < 1.29 is 5.11 Å². The average molecular weight is 352 g/mol. The van der Waals surface area contributed by atoms with E-state index in [-0.39, 0.29) is 11.8 Å². The van der Waals surface area contributed by atoms with Crippen molar-refractivity contribution in [3.05, 3.63) is 63.1 Å². The number of hydrogen-bond acceptors (Lipinski definition) is 3. The predicted molar refractivity (Wildman–Crippen MR) is 84.3 cm³/mol. The summed E-state index contributed by atoms with van der Waals surface area (Å²) in [6, 6.07) is 13.4. The van der Waals surface area contributed by atoms with Crippen LogP contribution in [0.15, 0.2) is 52.0 Å². The Morgan fingerprint density at radius 2 is 2.00 bits per heavy atom. The standard InChI is InChI=1S/C15H12BrClN2O/c16-12-7-10(17)6-11(15(12)20)14-8-13(18-19-14)9-4-2-1-3-5-9/h1-7,14,19-20H,8H2. The molecule has 3 nitrogen and oxygen atoms in total. The van der Waals surface area contributed by atoms with E-state index >= 15 is 0 Å². The minimum absolute atomic E-state index is 0.0693. The molecular weight excluding hydrogens is 340 g/mol. The average Bonchev–Trinajstić information content (AvgIpc) is 2.93. The van der Waals surface area contributed by atoms with Gasteiger partial charge in [-0.05, 0) is 33.6 Å².